The van der Waals surface area contributed by atoms with Gasteiger partial charge in [0.2, 0.25) is 21.8 Å². The zero-order chi connectivity index (χ0) is 22.1. The molecule has 0 aromatic heterocycles. The molecule has 1 aliphatic carbocycles. The molecule has 1 aromatic rings. The fraction of sp³-hybridized carbons (Fsp3) is 0.636. The Labute approximate surface area is 179 Å². The topological polar surface area (TPSA) is 86.8 Å². The van der Waals surface area contributed by atoms with E-state index in [0.717, 1.165) is 47.4 Å². The van der Waals surface area contributed by atoms with E-state index in [1.807, 2.05) is 32.0 Å². The Kier molecular flexibility index (Phi) is 6.57. The van der Waals surface area contributed by atoms with Crippen molar-refractivity contribution in [3.05, 3.63) is 29.3 Å². The van der Waals surface area contributed by atoms with Gasteiger partial charge < -0.3 is 5.32 Å². The van der Waals surface area contributed by atoms with Gasteiger partial charge in [0.15, 0.2) is 0 Å². The van der Waals surface area contributed by atoms with Gasteiger partial charge in [-0.05, 0) is 56.9 Å². The Morgan fingerprint density at radius 2 is 1.73 bits per heavy atom. The smallest absolute Gasteiger partial charge is 0.247 e. The summed E-state index contributed by atoms with van der Waals surface area (Å²) in [5.41, 5.74) is 1.39. The molecule has 7 nitrogen and oxygen atoms in total. The number of hydrogen-bond donors (Lipinski definition) is 1. The van der Waals surface area contributed by atoms with Gasteiger partial charge >= 0.3 is 0 Å². The van der Waals surface area contributed by atoms with Crippen LogP contribution in [0.4, 0.5) is 5.69 Å². The van der Waals surface area contributed by atoms with E-state index in [2.05, 4.69) is 5.32 Å². The van der Waals surface area contributed by atoms with Crippen LogP contribution in [0, 0.1) is 13.8 Å². The van der Waals surface area contributed by atoms with Crippen LogP contribution >= 0.6 is 0 Å². The molecular weight excluding hydrogens is 402 g/mol. The lowest BCUT2D eigenvalue weighted by molar-refractivity contribution is -0.133. The van der Waals surface area contributed by atoms with E-state index in [1.165, 1.54) is 17.7 Å². The van der Waals surface area contributed by atoms with Crippen LogP contribution in [-0.4, -0.2) is 55.5 Å². The summed E-state index contributed by atoms with van der Waals surface area (Å²) in [5.74, 6) is -0.692. The Balaban J connectivity index is 1.98. The van der Waals surface area contributed by atoms with E-state index in [0.29, 0.717) is 5.69 Å². The SMILES string of the molecule is Cc1ccc(N2C(=O)CN(S(C)(=O)=O)CC2(C)C(=O)NC2CCCCCC2)cc1C. The van der Waals surface area contributed by atoms with Crippen LogP contribution in [0.5, 0.6) is 0 Å². The van der Waals surface area contributed by atoms with Crippen LogP contribution in [0.15, 0.2) is 18.2 Å². The van der Waals surface area contributed by atoms with Crippen molar-refractivity contribution < 1.29 is 18.0 Å². The first-order valence-corrected chi connectivity index (χ1v) is 12.5. The molecule has 1 saturated heterocycles. The minimum Gasteiger partial charge on any atom is -0.351 e. The first-order chi connectivity index (χ1) is 14.0. The molecule has 0 radical (unpaired) electrons. The summed E-state index contributed by atoms with van der Waals surface area (Å²) in [7, 11) is -3.62. The van der Waals surface area contributed by atoms with Gasteiger partial charge in [-0.25, -0.2) is 8.42 Å². The molecule has 30 heavy (non-hydrogen) atoms. The third kappa shape index (κ3) is 4.70. The average molecular weight is 436 g/mol. The lowest BCUT2D eigenvalue weighted by Crippen LogP contribution is -2.70. The zero-order valence-corrected chi connectivity index (χ0v) is 19.2. The highest BCUT2D eigenvalue weighted by atomic mass is 32.2. The van der Waals surface area contributed by atoms with Gasteiger partial charge in [0.1, 0.15) is 5.54 Å². The molecule has 1 aromatic carbocycles. The summed E-state index contributed by atoms with van der Waals surface area (Å²) in [5, 5.41) is 3.13. The van der Waals surface area contributed by atoms with Crippen molar-refractivity contribution in [2.45, 2.75) is 70.9 Å². The van der Waals surface area contributed by atoms with Gasteiger partial charge in [0, 0.05) is 18.3 Å². The molecular formula is C22H33N3O4S. The molecule has 1 heterocycles. The molecule has 166 valence electrons. The van der Waals surface area contributed by atoms with Crippen LogP contribution < -0.4 is 10.2 Å². The molecule has 1 unspecified atom stereocenters. The van der Waals surface area contributed by atoms with Gasteiger partial charge in [-0.1, -0.05) is 31.7 Å². The standard InChI is InChI=1S/C22H33N3O4S/c1-16-11-12-19(13-17(16)2)25-20(26)14-24(30(4,28)29)15-22(25,3)21(27)23-18-9-7-5-6-8-10-18/h11-13,18H,5-10,14-15H2,1-4H3,(H,23,27). The van der Waals surface area contributed by atoms with Crippen molar-refractivity contribution in [3.8, 4) is 0 Å². The van der Waals surface area contributed by atoms with Crippen molar-refractivity contribution >= 4 is 27.5 Å². The summed E-state index contributed by atoms with van der Waals surface area (Å²) >= 11 is 0. The number of hydrogen-bond acceptors (Lipinski definition) is 4. The molecule has 1 aliphatic heterocycles. The number of carbonyl (C=O) groups is 2. The first kappa shape index (κ1) is 22.7. The molecule has 0 spiro atoms. The number of sulfonamides is 1. The highest BCUT2D eigenvalue weighted by molar-refractivity contribution is 7.88. The second-order valence-electron chi connectivity index (χ2n) is 8.96. The van der Waals surface area contributed by atoms with Gasteiger partial charge in [-0.15, -0.1) is 0 Å². The van der Waals surface area contributed by atoms with Crippen molar-refractivity contribution in [3.63, 3.8) is 0 Å². The third-order valence-electron chi connectivity index (χ3n) is 6.44. The molecule has 2 fully saturated rings. The molecule has 0 bridgehead atoms. The summed E-state index contributed by atoms with van der Waals surface area (Å²) in [6.45, 7) is 5.28. The normalized spacial score (nSPS) is 24.5. The molecule has 2 amide bonds. The number of nitrogens with zero attached hydrogens (tertiary/aromatic N) is 2. The maximum atomic E-state index is 13.5. The van der Waals surface area contributed by atoms with Crippen LogP contribution in [0.25, 0.3) is 0 Å². The van der Waals surface area contributed by atoms with E-state index in [1.54, 1.807) is 6.92 Å². The van der Waals surface area contributed by atoms with Crippen LogP contribution in [0.2, 0.25) is 0 Å². The van der Waals surface area contributed by atoms with E-state index in [-0.39, 0.29) is 25.0 Å². The molecule has 2 aliphatic rings. The summed E-state index contributed by atoms with van der Waals surface area (Å²) in [6, 6.07) is 5.69. The van der Waals surface area contributed by atoms with Gasteiger partial charge in [0.05, 0.1) is 12.8 Å². The Hall–Kier alpha value is -1.93. The highest BCUT2D eigenvalue weighted by Gasteiger charge is 2.50. The van der Waals surface area contributed by atoms with E-state index >= 15 is 0 Å². The van der Waals surface area contributed by atoms with Crippen LogP contribution in [0.3, 0.4) is 0 Å². The van der Waals surface area contributed by atoms with Crippen molar-refractivity contribution in [1.29, 1.82) is 0 Å². The lowest BCUT2D eigenvalue weighted by Gasteiger charge is -2.47. The molecule has 3 rings (SSSR count). The second-order valence-corrected chi connectivity index (χ2v) is 10.9. The minimum atomic E-state index is -3.62. The fourth-order valence-electron chi connectivity index (χ4n) is 4.43. The average Bonchev–Trinajstić information content (AvgIpc) is 2.92. The summed E-state index contributed by atoms with van der Waals surface area (Å²) in [6.07, 6.45) is 7.37. The largest absolute Gasteiger partial charge is 0.351 e. The van der Waals surface area contributed by atoms with E-state index in [4.69, 9.17) is 0 Å². The number of aryl methyl sites for hydroxylation is 2. The number of nitrogens with one attached hydrogen (secondary N) is 1. The number of carbonyl (C=O) groups excluding carboxylic acids is 2. The number of amides is 2. The number of benzene rings is 1. The summed E-state index contributed by atoms with van der Waals surface area (Å²) in [4.78, 5) is 28.2. The zero-order valence-electron chi connectivity index (χ0n) is 18.4. The van der Waals surface area contributed by atoms with Gasteiger partial charge in [-0.3, -0.25) is 14.5 Å². The predicted octanol–water partition coefficient (Wildman–Crippen LogP) is 2.51. The fourth-order valence-corrected chi connectivity index (χ4v) is 5.26. The number of anilines is 1. The monoisotopic (exact) mass is 435 g/mol. The maximum absolute atomic E-state index is 13.5. The van der Waals surface area contributed by atoms with Gasteiger partial charge in [-0.2, -0.15) is 4.31 Å². The second kappa shape index (κ2) is 8.67. The van der Waals surface area contributed by atoms with E-state index < -0.39 is 21.5 Å². The Morgan fingerprint density at radius 1 is 1.10 bits per heavy atom. The van der Waals surface area contributed by atoms with Crippen LogP contribution in [0.1, 0.15) is 56.6 Å². The van der Waals surface area contributed by atoms with Crippen LogP contribution in [-0.2, 0) is 19.6 Å². The lowest BCUT2D eigenvalue weighted by atomic mass is 9.93. The molecule has 8 heteroatoms. The third-order valence-corrected chi connectivity index (χ3v) is 7.63. The minimum absolute atomic E-state index is 0.0575. The number of piperazine rings is 1. The molecule has 1 N–H and O–H groups in total. The quantitative estimate of drug-likeness (QED) is 0.736. The maximum Gasteiger partial charge on any atom is 0.247 e. The Bertz CT molecular complexity index is 922. The predicted molar refractivity (Wildman–Crippen MR) is 118 cm³/mol. The van der Waals surface area contributed by atoms with Crippen molar-refractivity contribution in [2.75, 3.05) is 24.2 Å². The highest BCUT2D eigenvalue weighted by Crippen LogP contribution is 2.32. The molecule has 1 atom stereocenters. The van der Waals surface area contributed by atoms with Gasteiger partial charge in [0.25, 0.3) is 0 Å². The first-order valence-electron chi connectivity index (χ1n) is 10.7. The summed E-state index contributed by atoms with van der Waals surface area (Å²) < 4.78 is 25.6. The van der Waals surface area contributed by atoms with E-state index in [9.17, 15) is 18.0 Å². The number of rotatable bonds is 4. The van der Waals surface area contributed by atoms with Crippen molar-refractivity contribution in [2.24, 2.45) is 0 Å². The Morgan fingerprint density at radius 3 is 2.30 bits per heavy atom. The molecule has 1 saturated carbocycles. The van der Waals surface area contributed by atoms with Crippen molar-refractivity contribution in [1.82, 2.24) is 9.62 Å².